The minimum atomic E-state index is -1.02. The normalized spacial score (nSPS) is 20.1. The van der Waals surface area contributed by atoms with Crippen molar-refractivity contribution in [1.29, 1.82) is 0 Å². The Labute approximate surface area is 172 Å². The van der Waals surface area contributed by atoms with Gasteiger partial charge in [-0.1, -0.05) is 35.5 Å². The minimum Gasteiger partial charge on any atom is -0.612 e. The van der Waals surface area contributed by atoms with Crippen LogP contribution in [0.1, 0.15) is 17.4 Å². The summed E-state index contributed by atoms with van der Waals surface area (Å²) in [6.07, 6.45) is 2.98. The Morgan fingerprint density at radius 1 is 1.14 bits per heavy atom. The third kappa shape index (κ3) is 3.90. The molecule has 29 heavy (non-hydrogen) atoms. The van der Waals surface area contributed by atoms with Crippen molar-refractivity contribution in [1.82, 2.24) is 4.90 Å². The van der Waals surface area contributed by atoms with Crippen molar-refractivity contribution in [3.8, 4) is 0 Å². The summed E-state index contributed by atoms with van der Waals surface area (Å²) in [6.45, 7) is 0.330. The zero-order chi connectivity index (χ0) is 20.4. The first-order chi connectivity index (χ1) is 14.0. The summed E-state index contributed by atoms with van der Waals surface area (Å²) < 4.78 is 11.6. The fourth-order valence-corrected chi connectivity index (χ4v) is 3.70. The lowest BCUT2D eigenvalue weighted by Crippen LogP contribution is -2.29. The molecule has 0 aliphatic carbocycles. The Hall–Kier alpha value is -3.10. The van der Waals surface area contributed by atoms with Gasteiger partial charge in [0.05, 0.1) is 24.0 Å². The van der Waals surface area contributed by atoms with Crippen LogP contribution in [0.4, 0.5) is 0 Å². The summed E-state index contributed by atoms with van der Waals surface area (Å²) in [6, 6.07) is 17.3. The van der Waals surface area contributed by atoms with Gasteiger partial charge in [-0.2, -0.15) is 0 Å². The number of nitrogens with two attached hydrogens (primary N) is 1. The molecule has 2 N–H and O–H groups in total. The summed E-state index contributed by atoms with van der Waals surface area (Å²) in [5.74, 6) is 0.980. The summed E-state index contributed by atoms with van der Waals surface area (Å²) in [5.41, 5.74) is 9.52. The molecule has 2 aliphatic heterocycles. The molecule has 0 fully saturated rings. The number of nitrogens with zero attached hydrogens (tertiary/aromatic N) is 4. The van der Waals surface area contributed by atoms with E-state index in [1.54, 1.807) is 12.5 Å². The lowest BCUT2D eigenvalue weighted by atomic mass is 10.1. The van der Waals surface area contributed by atoms with Crippen LogP contribution in [0, 0.1) is 0 Å². The Morgan fingerprint density at radius 2 is 1.86 bits per heavy atom. The first-order valence-electron chi connectivity index (χ1n) is 9.07. The van der Waals surface area contributed by atoms with Gasteiger partial charge in [-0.15, -0.1) is 0 Å². The van der Waals surface area contributed by atoms with Crippen LogP contribution < -0.4 is 5.73 Å². The molecule has 2 heterocycles. The Kier molecular flexibility index (Phi) is 5.37. The Bertz CT molecular complexity index is 1010. The molecular formula is C21H21N5O2S. The number of hydrogen-bond acceptors (Lipinski definition) is 7. The number of benzene rings is 2. The average molecular weight is 407 g/mol. The summed E-state index contributed by atoms with van der Waals surface area (Å²) in [4.78, 5) is 17.4. The maximum Gasteiger partial charge on any atom is 0.227 e. The SMILES string of the molecule is CN1C(C2=C(N)N=CC(c3ccc([S+](C)[O-])cc3)=NC2)=NOC1c1ccccc1. The number of likely N-dealkylation sites (N-methyl/N-ethyl adjacent to an activating group) is 1. The van der Waals surface area contributed by atoms with E-state index in [1.165, 1.54) is 0 Å². The van der Waals surface area contributed by atoms with E-state index in [4.69, 9.17) is 10.6 Å². The smallest absolute Gasteiger partial charge is 0.227 e. The molecule has 2 atom stereocenters. The summed E-state index contributed by atoms with van der Waals surface area (Å²) in [5, 5.41) is 4.25. The maximum absolute atomic E-state index is 11.6. The number of rotatable bonds is 4. The van der Waals surface area contributed by atoms with E-state index in [1.807, 2.05) is 66.5 Å². The second-order valence-electron chi connectivity index (χ2n) is 6.70. The van der Waals surface area contributed by atoms with Crippen LogP contribution >= 0.6 is 0 Å². The van der Waals surface area contributed by atoms with Crippen LogP contribution in [-0.4, -0.2) is 47.1 Å². The highest BCUT2D eigenvalue weighted by atomic mass is 32.2. The van der Waals surface area contributed by atoms with E-state index >= 15 is 0 Å². The standard InChI is InChI=1S/C21H21N5O2S/c1-26-20(25-28-21(26)15-6-4-3-5-7-15)17-12-23-18(13-24-19(17)22)14-8-10-16(11-9-14)29(2)27/h3-11,13,21H,12,22H2,1-2H3. The predicted octanol–water partition coefficient (Wildman–Crippen LogP) is 2.44. The molecule has 0 saturated carbocycles. The van der Waals surface area contributed by atoms with Gasteiger partial charge < -0.3 is 20.0 Å². The van der Waals surface area contributed by atoms with E-state index in [0.29, 0.717) is 29.5 Å². The average Bonchev–Trinajstić information content (AvgIpc) is 3.01. The molecule has 0 radical (unpaired) electrons. The number of aliphatic imine (C=N–C) groups is 2. The highest BCUT2D eigenvalue weighted by Gasteiger charge is 2.31. The first kappa shape index (κ1) is 19.2. The van der Waals surface area contributed by atoms with Crippen LogP contribution in [0.2, 0.25) is 0 Å². The number of amidine groups is 1. The topological polar surface area (TPSA) is 98.6 Å². The molecule has 2 aromatic rings. The van der Waals surface area contributed by atoms with Gasteiger partial charge in [-0.3, -0.25) is 4.99 Å². The molecule has 7 nitrogen and oxygen atoms in total. The maximum atomic E-state index is 11.6. The third-order valence-electron chi connectivity index (χ3n) is 4.80. The van der Waals surface area contributed by atoms with Crippen molar-refractivity contribution >= 4 is 28.9 Å². The van der Waals surface area contributed by atoms with Crippen LogP contribution in [0.25, 0.3) is 0 Å². The predicted molar refractivity (Wildman–Crippen MR) is 115 cm³/mol. The van der Waals surface area contributed by atoms with E-state index < -0.39 is 11.2 Å². The third-order valence-corrected chi connectivity index (χ3v) is 5.74. The monoisotopic (exact) mass is 407 g/mol. The summed E-state index contributed by atoms with van der Waals surface area (Å²) >= 11 is -1.02. The van der Waals surface area contributed by atoms with E-state index in [2.05, 4.69) is 15.1 Å². The molecule has 4 rings (SSSR count). The van der Waals surface area contributed by atoms with Crippen molar-refractivity contribution in [2.24, 2.45) is 20.9 Å². The molecule has 0 bridgehead atoms. The van der Waals surface area contributed by atoms with Gasteiger partial charge in [0.2, 0.25) is 6.23 Å². The number of oxime groups is 1. The minimum absolute atomic E-state index is 0.315. The molecular weight excluding hydrogens is 386 g/mol. The molecule has 2 unspecified atom stereocenters. The van der Waals surface area contributed by atoms with Gasteiger partial charge >= 0.3 is 0 Å². The van der Waals surface area contributed by atoms with Crippen LogP contribution in [-0.2, 0) is 16.0 Å². The zero-order valence-electron chi connectivity index (χ0n) is 16.1. The fraction of sp³-hybridized carbons (Fsp3) is 0.190. The molecule has 2 aliphatic rings. The van der Waals surface area contributed by atoms with Gasteiger partial charge in [0.15, 0.2) is 10.7 Å². The largest absolute Gasteiger partial charge is 0.612 e. The van der Waals surface area contributed by atoms with E-state index in [0.717, 1.165) is 16.0 Å². The zero-order valence-corrected chi connectivity index (χ0v) is 17.0. The van der Waals surface area contributed by atoms with Crippen LogP contribution in [0.15, 0.2) is 86.0 Å². The summed E-state index contributed by atoms with van der Waals surface area (Å²) in [7, 11) is 1.91. The van der Waals surface area contributed by atoms with Gasteiger partial charge in [-0.05, 0) is 35.4 Å². The fourth-order valence-electron chi connectivity index (χ4n) is 3.18. The second-order valence-corrected chi connectivity index (χ2v) is 8.08. The lowest BCUT2D eigenvalue weighted by molar-refractivity contribution is 0.0190. The first-order valence-corrected chi connectivity index (χ1v) is 10.6. The molecule has 0 saturated heterocycles. The highest BCUT2D eigenvalue weighted by molar-refractivity contribution is 7.90. The van der Waals surface area contributed by atoms with Gasteiger partial charge in [0.1, 0.15) is 12.1 Å². The lowest BCUT2D eigenvalue weighted by Gasteiger charge is -2.21. The molecule has 8 heteroatoms. The number of hydrogen-bond donors (Lipinski definition) is 1. The van der Waals surface area contributed by atoms with Crippen LogP contribution in [0.3, 0.4) is 0 Å². The van der Waals surface area contributed by atoms with Crippen molar-refractivity contribution in [3.05, 3.63) is 77.1 Å². The molecule has 2 aromatic carbocycles. The van der Waals surface area contributed by atoms with Crippen molar-refractivity contribution < 1.29 is 9.39 Å². The highest BCUT2D eigenvalue weighted by Crippen LogP contribution is 2.29. The molecule has 0 spiro atoms. The Morgan fingerprint density at radius 3 is 2.55 bits per heavy atom. The van der Waals surface area contributed by atoms with Crippen LogP contribution in [0.5, 0.6) is 0 Å². The van der Waals surface area contributed by atoms with Gasteiger partial charge in [0.25, 0.3) is 0 Å². The molecule has 0 amide bonds. The van der Waals surface area contributed by atoms with E-state index in [9.17, 15) is 4.55 Å². The van der Waals surface area contributed by atoms with Crippen molar-refractivity contribution in [2.45, 2.75) is 11.1 Å². The molecule has 0 aromatic heterocycles. The quantitative estimate of drug-likeness (QED) is 0.787. The van der Waals surface area contributed by atoms with Crippen molar-refractivity contribution in [2.75, 3.05) is 19.8 Å². The molecule has 148 valence electrons. The van der Waals surface area contributed by atoms with Gasteiger partial charge in [0, 0.05) is 18.2 Å². The Balaban J connectivity index is 1.55. The second kappa shape index (κ2) is 8.10. The van der Waals surface area contributed by atoms with Gasteiger partial charge in [-0.25, -0.2) is 4.99 Å². The van der Waals surface area contributed by atoms with E-state index in [-0.39, 0.29) is 6.23 Å². The van der Waals surface area contributed by atoms with Crippen molar-refractivity contribution in [3.63, 3.8) is 0 Å².